The molecule has 1 aliphatic carbocycles. The Bertz CT molecular complexity index is 496. The van der Waals surface area contributed by atoms with Crippen LogP contribution in [0.2, 0.25) is 0 Å². The Hall–Kier alpha value is -1.67. The van der Waals surface area contributed by atoms with E-state index in [1.165, 1.54) is 11.3 Å². The summed E-state index contributed by atoms with van der Waals surface area (Å²) >= 11 is 1.36. The van der Waals surface area contributed by atoms with Gasteiger partial charge in [-0.2, -0.15) is 5.26 Å². The van der Waals surface area contributed by atoms with Crippen molar-refractivity contribution < 1.29 is 9.59 Å². The van der Waals surface area contributed by atoms with Crippen LogP contribution in [-0.2, 0) is 4.79 Å². The molecule has 1 saturated carbocycles. The summed E-state index contributed by atoms with van der Waals surface area (Å²) in [7, 11) is 0. The Morgan fingerprint density at radius 1 is 1.37 bits per heavy atom. The van der Waals surface area contributed by atoms with Gasteiger partial charge in [-0.3, -0.25) is 9.59 Å². The third-order valence-corrected chi connectivity index (χ3v) is 4.47. The van der Waals surface area contributed by atoms with Crippen LogP contribution in [-0.4, -0.2) is 18.2 Å². The molecule has 1 N–H and O–H groups in total. The van der Waals surface area contributed by atoms with E-state index in [0.29, 0.717) is 17.7 Å². The number of amides is 1. The fourth-order valence-electron chi connectivity index (χ4n) is 2.40. The molecule has 0 atom stereocenters. The number of hydrogen-bond acceptors (Lipinski definition) is 4. The number of hydrogen-bond donors (Lipinski definition) is 1. The molecule has 0 radical (unpaired) electrons. The number of nitriles is 1. The summed E-state index contributed by atoms with van der Waals surface area (Å²) in [6.07, 6.45) is 4.08. The number of ketones is 1. The molecule has 0 bridgehead atoms. The third kappa shape index (κ3) is 3.02. The number of carbonyl (C=O) groups excluding carboxylic acids is 2. The van der Waals surface area contributed by atoms with E-state index in [2.05, 4.69) is 11.4 Å². The average Bonchev–Trinajstić information content (AvgIpc) is 2.99. The Morgan fingerprint density at radius 2 is 2.11 bits per heavy atom. The normalized spacial score (nSPS) is 17.4. The highest BCUT2D eigenvalue weighted by Crippen LogP contribution is 2.35. The summed E-state index contributed by atoms with van der Waals surface area (Å²) in [5, 5.41) is 13.7. The molecule has 0 aromatic carbocycles. The van der Waals surface area contributed by atoms with Crippen LogP contribution >= 0.6 is 11.3 Å². The molecule has 4 nitrogen and oxygen atoms in total. The molecule has 5 heteroatoms. The minimum Gasteiger partial charge on any atom is -0.347 e. The second kappa shape index (κ2) is 5.98. The lowest BCUT2D eigenvalue weighted by atomic mass is 9.74. The van der Waals surface area contributed by atoms with Crippen molar-refractivity contribution in [2.24, 2.45) is 5.41 Å². The second-order valence-electron chi connectivity index (χ2n) is 4.84. The van der Waals surface area contributed by atoms with E-state index in [9.17, 15) is 14.9 Å². The van der Waals surface area contributed by atoms with Crippen LogP contribution in [0.4, 0.5) is 0 Å². The highest BCUT2D eigenvalue weighted by atomic mass is 32.1. The smallest absolute Gasteiger partial charge is 0.240 e. The predicted molar refractivity (Wildman–Crippen MR) is 72.8 cm³/mol. The maximum Gasteiger partial charge on any atom is 0.240 e. The lowest BCUT2D eigenvalue weighted by molar-refractivity contribution is -0.129. The number of nitrogens with zero attached hydrogens (tertiary/aromatic N) is 1. The summed E-state index contributed by atoms with van der Waals surface area (Å²) in [6, 6.07) is 5.69. The Balaban J connectivity index is 1.93. The fourth-order valence-corrected chi connectivity index (χ4v) is 3.06. The molecule has 2 rings (SSSR count). The number of Topliss-reactive ketones (excluding diaryl/α,β-unsaturated/α-hetero) is 1. The molecule has 0 aliphatic heterocycles. The predicted octanol–water partition coefficient (Wildman–Crippen LogP) is 2.52. The number of nitrogens with one attached hydrogen (secondary N) is 1. The zero-order valence-electron chi connectivity index (χ0n) is 10.6. The van der Waals surface area contributed by atoms with Gasteiger partial charge in [0, 0.05) is 0 Å². The van der Waals surface area contributed by atoms with E-state index in [1.807, 2.05) is 5.38 Å². The Morgan fingerprint density at radius 3 is 2.68 bits per heavy atom. The molecule has 0 unspecified atom stereocenters. The van der Waals surface area contributed by atoms with Gasteiger partial charge in [-0.1, -0.05) is 25.3 Å². The van der Waals surface area contributed by atoms with Gasteiger partial charge in [0.25, 0.3) is 0 Å². The first kappa shape index (κ1) is 13.8. The SMILES string of the molecule is N#CC1(C(=O)NCC(=O)c2cccs2)CCCCC1. The summed E-state index contributed by atoms with van der Waals surface area (Å²) in [5.41, 5.74) is -0.923. The summed E-state index contributed by atoms with van der Waals surface area (Å²) in [5.74, 6) is -0.396. The molecule has 1 heterocycles. The average molecular weight is 276 g/mol. The van der Waals surface area contributed by atoms with Gasteiger partial charge in [-0.05, 0) is 24.3 Å². The van der Waals surface area contributed by atoms with Crippen LogP contribution in [0, 0.1) is 16.7 Å². The van der Waals surface area contributed by atoms with Crippen LogP contribution in [0.1, 0.15) is 41.8 Å². The third-order valence-electron chi connectivity index (χ3n) is 3.56. The minimum absolute atomic E-state index is 0.0250. The fraction of sp³-hybridized carbons (Fsp3) is 0.500. The van der Waals surface area contributed by atoms with Gasteiger partial charge in [0.1, 0.15) is 5.41 Å². The summed E-state index contributed by atoms with van der Waals surface area (Å²) < 4.78 is 0. The lowest BCUT2D eigenvalue weighted by Gasteiger charge is -2.28. The molecule has 100 valence electrons. The van der Waals surface area contributed by atoms with E-state index in [4.69, 9.17) is 0 Å². The van der Waals surface area contributed by atoms with Crippen molar-refractivity contribution in [3.05, 3.63) is 22.4 Å². The van der Waals surface area contributed by atoms with Gasteiger partial charge < -0.3 is 5.32 Å². The first-order valence-electron chi connectivity index (χ1n) is 6.44. The number of carbonyl (C=O) groups is 2. The van der Waals surface area contributed by atoms with Crippen molar-refractivity contribution in [2.45, 2.75) is 32.1 Å². The Kier molecular flexibility index (Phi) is 4.33. The molecule has 1 amide bonds. The molecule has 1 aliphatic rings. The van der Waals surface area contributed by atoms with Crippen LogP contribution in [0.15, 0.2) is 17.5 Å². The molecule has 19 heavy (non-hydrogen) atoms. The number of rotatable bonds is 4. The van der Waals surface area contributed by atoms with Gasteiger partial charge >= 0.3 is 0 Å². The van der Waals surface area contributed by atoms with Crippen LogP contribution in [0.5, 0.6) is 0 Å². The highest BCUT2D eigenvalue weighted by Gasteiger charge is 2.39. The first-order chi connectivity index (χ1) is 9.18. The molecule has 1 fully saturated rings. The summed E-state index contributed by atoms with van der Waals surface area (Å²) in [6.45, 7) is -0.0250. The molecule has 0 spiro atoms. The van der Waals surface area contributed by atoms with Crippen molar-refractivity contribution in [1.82, 2.24) is 5.32 Å². The maximum absolute atomic E-state index is 12.1. The van der Waals surface area contributed by atoms with E-state index in [-0.39, 0.29) is 18.2 Å². The maximum atomic E-state index is 12.1. The molecule has 0 saturated heterocycles. The van der Waals surface area contributed by atoms with E-state index in [1.54, 1.807) is 12.1 Å². The van der Waals surface area contributed by atoms with E-state index >= 15 is 0 Å². The van der Waals surface area contributed by atoms with Crippen molar-refractivity contribution in [1.29, 1.82) is 5.26 Å². The summed E-state index contributed by atoms with van der Waals surface area (Å²) in [4.78, 5) is 24.6. The molecular weight excluding hydrogens is 260 g/mol. The van der Waals surface area contributed by atoms with Crippen molar-refractivity contribution in [2.75, 3.05) is 6.54 Å². The first-order valence-corrected chi connectivity index (χ1v) is 7.32. The minimum atomic E-state index is -0.923. The molecule has 1 aromatic heterocycles. The van der Waals surface area contributed by atoms with Gasteiger partial charge in [0.15, 0.2) is 5.78 Å². The lowest BCUT2D eigenvalue weighted by Crippen LogP contribution is -2.43. The van der Waals surface area contributed by atoms with Gasteiger partial charge in [-0.15, -0.1) is 11.3 Å². The second-order valence-corrected chi connectivity index (χ2v) is 5.79. The standard InChI is InChI=1S/C14H16N2O2S/c15-10-14(6-2-1-3-7-14)13(18)16-9-11(17)12-5-4-8-19-12/h4-5,8H,1-3,6-7,9H2,(H,16,18). The van der Waals surface area contributed by atoms with Crippen molar-refractivity contribution in [3.8, 4) is 6.07 Å². The zero-order chi connectivity index (χ0) is 13.7. The van der Waals surface area contributed by atoms with Crippen molar-refractivity contribution >= 4 is 23.0 Å². The Labute approximate surface area is 116 Å². The van der Waals surface area contributed by atoms with Gasteiger partial charge in [0.05, 0.1) is 17.5 Å². The topological polar surface area (TPSA) is 70.0 Å². The van der Waals surface area contributed by atoms with Gasteiger partial charge in [-0.25, -0.2) is 0 Å². The van der Waals surface area contributed by atoms with E-state index in [0.717, 1.165) is 19.3 Å². The van der Waals surface area contributed by atoms with Crippen LogP contribution < -0.4 is 5.32 Å². The van der Waals surface area contributed by atoms with Crippen LogP contribution in [0.3, 0.4) is 0 Å². The monoisotopic (exact) mass is 276 g/mol. The van der Waals surface area contributed by atoms with E-state index < -0.39 is 5.41 Å². The number of thiophene rings is 1. The van der Waals surface area contributed by atoms with Crippen LogP contribution in [0.25, 0.3) is 0 Å². The quantitative estimate of drug-likeness (QED) is 0.859. The highest BCUT2D eigenvalue weighted by molar-refractivity contribution is 7.12. The molecule has 1 aromatic rings. The zero-order valence-corrected chi connectivity index (χ0v) is 11.5. The molecular formula is C14H16N2O2S. The van der Waals surface area contributed by atoms with Crippen molar-refractivity contribution in [3.63, 3.8) is 0 Å². The largest absolute Gasteiger partial charge is 0.347 e. The van der Waals surface area contributed by atoms with Gasteiger partial charge in [0.2, 0.25) is 5.91 Å².